The molecular weight excluding hydrogens is 230 g/mol. The molecule has 0 atom stereocenters. The Labute approximate surface area is 108 Å². The lowest BCUT2D eigenvalue weighted by Gasteiger charge is -2.29. The fourth-order valence-corrected chi connectivity index (χ4v) is 2.17. The van der Waals surface area contributed by atoms with E-state index in [-0.39, 0.29) is 5.91 Å². The van der Waals surface area contributed by atoms with E-state index in [0.717, 1.165) is 31.2 Å². The third-order valence-corrected chi connectivity index (χ3v) is 3.44. The van der Waals surface area contributed by atoms with Crippen LogP contribution in [0.1, 0.15) is 36.0 Å². The zero-order valence-corrected chi connectivity index (χ0v) is 11.1. The average molecular weight is 251 g/mol. The highest BCUT2D eigenvalue weighted by atomic mass is 16.5. The minimum atomic E-state index is -0.180. The van der Waals surface area contributed by atoms with Crippen molar-refractivity contribution in [2.75, 3.05) is 26.2 Å². The van der Waals surface area contributed by atoms with Crippen LogP contribution in [0.2, 0.25) is 0 Å². The van der Waals surface area contributed by atoms with Gasteiger partial charge in [-0.25, -0.2) is 0 Å². The molecule has 0 unspecified atom stereocenters. The van der Waals surface area contributed by atoms with E-state index in [2.05, 4.69) is 22.3 Å². The summed E-state index contributed by atoms with van der Waals surface area (Å²) in [6.45, 7) is 7.94. The largest absolute Gasteiger partial charge is 0.351 e. The third kappa shape index (κ3) is 3.57. The molecule has 0 aromatic carbocycles. The van der Waals surface area contributed by atoms with Crippen molar-refractivity contribution in [1.29, 1.82) is 0 Å². The zero-order valence-electron chi connectivity index (χ0n) is 11.1. The van der Waals surface area contributed by atoms with Crippen molar-refractivity contribution in [1.82, 2.24) is 15.4 Å². The van der Waals surface area contributed by atoms with E-state index in [0.29, 0.717) is 12.3 Å². The molecule has 18 heavy (non-hydrogen) atoms. The van der Waals surface area contributed by atoms with Crippen molar-refractivity contribution in [2.45, 2.75) is 26.7 Å². The van der Waals surface area contributed by atoms with Crippen LogP contribution < -0.4 is 5.32 Å². The molecule has 0 saturated carbocycles. The van der Waals surface area contributed by atoms with Crippen molar-refractivity contribution in [2.24, 2.45) is 5.92 Å². The molecule has 0 aliphatic carbocycles. The standard InChI is InChI=1S/C13H21N3O2/c1-10-3-6-16(7-4-10)8-5-14-13(17)12-9-11(2)15-18-12/h9-10H,3-8H2,1-2H3,(H,14,17). The number of aromatic nitrogens is 1. The van der Waals surface area contributed by atoms with Crippen molar-refractivity contribution in [3.8, 4) is 0 Å². The molecule has 0 bridgehead atoms. The normalized spacial score (nSPS) is 17.9. The summed E-state index contributed by atoms with van der Waals surface area (Å²) >= 11 is 0. The number of carbonyl (C=O) groups excluding carboxylic acids is 1. The number of likely N-dealkylation sites (tertiary alicyclic amines) is 1. The predicted molar refractivity (Wildman–Crippen MR) is 68.4 cm³/mol. The van der Waals surface area contributed by atoms with Gasteiger partial charge in [0, 0.05) is 19.2 Å². The lowest BCUT2D eigenvalue weighted by Crippen LogP contribution is -2.39. The fraction of sp³-hybridized carbons (Fsp3) is 0.692. The van der Waals surface area contributed by atoms with Crippen LogP contribution in [-0.2, 0) is 0 Å². The molecule has 1 N–H and O–H groups in total. The van der Waals surface area contributed by atoms with E-state index in [1.807, 2.05) is 0 Å². The number of aryl methyl sites for hydroxylation is 1. The summed E-state index contributed by atoms with van der Waals surface area (Å²) in [7, 11) is 0. The van der Waals surface area contributed by atoms with Crippen LogP contribution in [-0.4, -0.2) is 42.1 Å². The number of rotatable bonds is 4. The van der Waals surface area contributed by atoms with Crippen LogP contribution in [0.15, 0.2) is 10.6 Å². The maximum absolute atomic E-state index is 11.7. The number of nitrogens with zero attached hydrogens (tertiary/aromatic N) is 2. The Morgan fingerprint density at radius 1 is 1.56 bits per heavy atom. The summed E-state index contributed by atoms with van der Waals surface area (Å²) < 4.78 is 4.91. The first-order valence-electron chi connectivity index (χ1n) is 6.59. The molecule has 1 aliphatic rings. The van der Waals surface area contributed by atoms with Gasteiger partial charge in [0.25, 0.3) is 5.91 Å². The zero-order chi connectivity index (χ0) is 13.0. The molecule has 2 rings (SSSR count). The van der Waals surface area contributed by atoms with Gasteiger partial charge in [0.15, 0.2) is 0 Å². The molecule has 1 aliphatic heterocycles. The molecule has 1 fully saturated rings. The smallest absolute Gasteiger partial charge is 0.289 e. The van der Waals surface area contributed by atoms with Crippen molar-refractivity contribution in [3.63, 3.8) is 0 Å². The van der Waals surface area contributed by atoms with Gasteiger partial charge in [0.2, 0.25) is 5.76 Å². The van der Waals surface area contributed by atoms with Crippen LogP contribution in [0.3, 0.4) is 0 Å². The van der Waals surface area contributed by atoms with Crippen LogP contribution in [0.25, 0.3) is 0 Å². The quantitative estimate of drug-likeness (QED) is 0.880. The van der Waals surface area contributed by atoms with Gasteiger partial charge in [0.1, 0.15) is 0 Å². The first kappa shape index (κ1) is 13.1. The van der Waals surface area contributed by atoms with E-state index in [1.165, 1.54) is 12.8 Å². The third-order valence-electron chi connectivity index (χ3n) is 3.44. The Hall–Kier alpha value is -1.36. The maximum Gasteiger partial charge on any atom is 0.289 e. The van der Waals surface area contributed by atoms with Gasteiger partial charge < -0.3 is 14.7 Å². The predicted octanol–water partition coefficient (Wildman–Crippen LogP) is 1.44. The first-order valence-corrected chi connectivity index (χ1v) is 6.59. The Bertz CT molecular complexity index is 395. The summed E-state index contributed by atoms with van der Waals surface area (Å²) in [6.07, 6.45) is 2.52. The molecule has 0 spiro atoms. The SMILES string of the molecule is Cc1cc(C(=O)NCCN2CCC(C)CC2)on1. The van der Waals surface area contributed by atoms with Crippen molar-refractivity contribution < 1.29 is 9.32 Å². The molecule has 1 saturated heterocycles. The lowest BCUT2D eigenvalue weighted by molar-refractivity contribution is 0.0907. The van der Waals surface area contributed by atoms with Gasteiger partial charge >= 0.3 is 0 Å². The number of hydrogen-bond acceptors (Lipinski definition) is 4. The summed E-state index contributed by atoms with van der Waals surface area (Å²) in [5.41, 5.74) is 0.727. The van der Waals surface area contributed by atoms with E-state index < -0.39 is 0 Å². The highest BCUT2D eigenvalue weighted by Gasteiger charge is 2.16. The molecule has 0 radical (unpaired) electrons. The van der Waals surface area contributed by atoms with E-state index in [4.69, 9.17) is 4.52 Å². The van der Waals surface area contributed by atoms with Gasteiger partial charge in [-0.3, -0.25) is 4.79 Å². The highest BCUT2D eigenvalue weighted by molar-refractivity contribution is 5.91. The van der Waals surface area contributed by atoms with Crippen LogP contribution in [0.5, 0.6) is 0 Å². The minimum absolute atomic E-state index is 0.180. The maximum atomic E-state index is 11.7. The van der Waals surface area contributed by atoms with E-state index in [9.17, 15) is 4.79 Å². The molecular formula is C13H21N3O2. The Morgan fingerprint density at radius 3 is 2.89 bits per heavy atom. The number of hydrogen-bond donors (Lipinski definition) is 1. The van der Waals surface area contributed by atoms with Gasteiger partial charge in [-0.1, -0.05) is 12.1 Å². The summed E-state index contributed by atoms with van der Waals surface area (Å²) in [4.78, 5) is 14.1. The fourth-order valence-electron chi connectivity index (χ4n) is 2.17. The number of nitrogens with one attached hydrogen (secondary N) is 1. The van der Waals surface area contributed by atoms with Gasteiger partial charge in [-0.05, 0) is 38.8 Å². The van der Waals surface area contributed by atoms with E-state index in [1.54, 1.807) is 13.0 Å². The van der Waals surface area contributed by atoms with Crippen LogP contribution in [0, 0.1) is 12.8 Å². The second-order valence-corrected chi connectivity index (χ2v) is 5.11. The number of amides is 1. The van der Waals surface area contributed by atoms with Crippen LogP contribution >= 0.6 is 0 Å². The van der Waals surface area contributed by atoms with Gasteiger partial charge in [-0.2, -0.15) is 0 Å². The first-order chi connectivity index (χ1) is 8.65. The molecule has 1 amide bonds. The van der Waals surface area contributed by atoms with Crippen LogP contribution in [0.4, 0.5) is 0 Å². The lowest BCUT2D eigenvalue weighted by atomic mass is 9.99. The van der Waals surface area contributed by atoms with Gasteiger partial charge in [-0.15, -0.1) is 0 Å². The van der Waals surface area contributed by atoms with Crippen molar-refractivity contribution in [3.05, 3.63) is 17.5 Å². The Kier molecular flexibility index (Phi) is 4.36. The number of piperidine rings is 1. The van der Waals surface area contributed by atoms with E-state index >= 15 is 0 Å². The highest BCUT2D eigenvalue weighted by Crippen LogP contribution is 2.15. The molecule has 5 heteroatoms. The summed E-state index contributed by atoms with van der Waals surface area (Å²) in [5, 5.41) is 6.55. The van der Waals surface area contributed by atoms with Crippen molar-refractivity contribution >= 4 is 5.91 Å². The molecule has 5 nitrogen and oxygen atoms in total. The second kappa shape index (κ2) is 6.00. The number of carbonyl (C=O) groups is 1. The molecule has 1 aromatic rings. The minimum Gasteiger partial charge on any atom is -0.351 e. The second-order valence-electron chi connectivity index (χ2n) is 5.11. The van der Waals surface area contributed by atoms with Gasteiger partial charge in [0.05, 0.1) is 5.69 Å². The molecule has 100 valence electrons. The topological polar surface area (TPSA) is 58.4 Å². The Morgan fingerprint density at radius 2 is 2.28 bits per heavy atom. The summed E-state index contributed by atoms with van der Waals surface area (Å²) in [6, 6.07) is 1.65. The molecule has 2 heterocycles. The molecule has 1 aromatic heterocycles. The monoisotopic (exact) mass is 251 g/mol. The summed E-state index contributed by atoms with van der Waals surface area (Å²) in [5.74, 6) is 0.953. The average Bonchev–Trinajstić information content (AvgIpc) is 2.78. The Balaban J connectivity index is 1.67.